The molecule has 0 radical (unpaired) electrons. The topological polar surface area (TPSA) is 210 Å². The summed E-state index contributed by atoms with van der Waals surface area (Å²) in [5.74, 6) is -1.45. The number of amides is 4. The largest absolute Gasteiger partial charge is 0.445 e. The molecule has 0 spiro atoms. The van der Waals surface area contributed by atoms with Crippen LogP contribution in [-0.4, -0.2) is 72.2 Å². The Bertz CT molecular complexity index is 1270. The molecule has 4 amide bonds. The lowest BCUT2D eigenvalue weighted by atomic mass is 9.96. The van der Waals surface area contributed by atoms with E-state index in [1.807, 2.05) is 62.4 Å². The maximum Gasteiger partial charge on any atom is 0.408 e. The second-order valence-corrected chi connectivity index (χ2v) is 11.9. The van der Waals surface area contributed by atoms with E-state index in [2.05, 4.69) is 26.3 Å². The summed E-state index contributed by atoms with van der Waals surface area (Å²) in [5, 5.41) is 21.7. The van der Waals surface area contributed by atoms with Crippen molar-refractivity contribution in [1.29, 1.82) is 0 Å². The van der Waals surface area contributed by atoms with Crippen molar-refractivity contribution in [2.75, 3.05) is 13.1 Å². The Morgan fingerprint density at radius 3 is 2.11 bits per heavy atom. The summed E-state index contributed by atoms with van der Waals surface area (Å²) in [5.41, 5.74) is 12.7. The number of nitrogens with one attached hydrogen (secondary N) is 4. The summed E-state index contributed by atoms with van der Waals surface area (Å²) in [6.07, 6.45) is 0.409. The second kappa shape index (κ2) is 21.2. The number of ether oxygens (including phenoxy) is 1. The van der Waals surface area contributed by atoms with Gasteiger partial charge in [0.1, 0.15) is 18.7 Å². The number of carbonyl (C=O) groups is 4. The van der Waals surface area contributed by atoms with E-state index in [-0.39, 0.29) is 43.8 Å². The van der Waals surface area contributed by atoms with E-state index < -0.39 is 42.1 Å². The van der Waals surface area contributed by atoms with Crippen LogP contribution < -0.4 is 32.7 Å². The molecule has 4 atom stereocenters. The predicted molar refractivity (Wildman–Crippen MR) is 181 cm³/mol. The first-order chi connectivity index (χ1) is 22.4. The molecule has 0 heterocycles. The van der Waals surface area contributed by atoms with Gasteiger partial charge in [-0.15, -0.1) is 0 Å². The Morgan fingerprint density at radius 1 is 0.851 bits per heavy atom. The van der Waals surface area contributed by atoms with Crippen molar-refractivity contribution in [3.8, 4) is 0 Å². The van der Waals surface area contributed by atoms with Crippen molar-refractivity contribution in [3.63, 3.8) is 0 Å². The number of hydrogen-bond acceptors (Lipinski definition) is 7. The summed E-state index contributed by atoms with van der Waals surface area (Å²) < 4.78 is 5.27. The average Bonchev–Trinajstić information content (AvgIpc) is 3.03. The third-order valence-electron chi connectivity index (χ3n) is 7.24. The molecule has 0 aliphatic heterocycles. The number of carbonyl (C=O) groups excluding carboxylic acids is 4. The normalized spacial score (nSPS) is 13.4. The van der Waals surface area contributed by atoms with Gasteiger partial charge in [0.05, 0.1) is 18.6 Å². The number of aliphatic imine (C=N–C) groups is 1. The molecule has 0 bridgehead atoms. The minimum atomic E-state index is -1.14. The molecule has 13 heteroatoms. The van der Waals surface area contributed by atoms with Crippen LogP contribution >= 0.6 is 0 Å². The van der Waals surface area contributed by atoms with Crippen molar-refractivity contribution in [1.82, 2.24) is 21.3 Å². The monoisotopic (exact) mass is 653 g/mol. The number of guanidine groups is 1. The van der Waals surface area contributed by atoms with Gasteiger partial charge < -0.3 is 42.6 Å². The highest BCUT2D eigenvalue weighted by atomic mass is 16.5. The molecule has 0 aliphatic rings. The molecule has 0 saturated carbocycles. The van der Waals surface area contributed by atoms with Crippen LogP contribution in [0, 0.1) is 5.92 Å². The molecular formula is C34H51N7O6. The summed E-state index contributed by atoms with van der Waals surface area (Å²) in [6, 6.07) is 16.3. The quantitative estimate of drug-likeness (QED) is 0.0636. The van der Waals surface area contributed by atoms with Crippen LogP contribution in [0.5, 0.6) is 0 Å². The highest BCUT2D eigenvalue weighted by Crippen LogP contribution is 2.12. The van der Waals surface area contributed by atoms with Gasteiger partial charge in [0.25, 0.3) is 0 Å². The first-order valence-corrected chi connectivity index (χ1v) is 16.1. The molecule has 0 fully saturated rings. The maximum atomic E-state index is 13.2. The van der Waals surface area contributed by atoms with Crippen molar-refractivity contribution < 1.29 is 29.0 Å². The summed E-state index contributed by atoms with van der Waals surface area (Å²) in [6.45, 7) is 6.09. The van der Waals surface area contributed by atoms with Crippen LogP contribution in [0.25, 0.3) is 0 Å². The van der Waals surface area contributed by atoms with Crippen LogP contribution in [0.1, 0.15) is 64.0 Å². The first kappa shape index (κ1) is 38.5. The number of hydrogen-bond donors (Lipinski definition) is 7. The van der Waals surface area contributed by atoms with E-state index in [1.165, 1.54) is 12.5 Å². The summed E-state index contributed by atoms with van der Waals surface area (Å²) in [4.78, 5) is 55.3. The fraction of sp³-hybridized carbons (Fsp3) is 0.500. The third-order valence-corrected chi connectivity index (χ3v) is 7.24. The Balaban J connectivity index is 1.92. The van der Waals surface area contributed by atoms with Crippen LogP contribution in [0.4, 0.5) is 4.79 Å². The highest BCUT2D eigenvalue weighted by molar-refractivity contribution is 5.91. The van der Waals surface area contributed by atoms with Crippen LogP contribution in [-0.2, 0) is 32.1 Å². The number of alkyl carbamates (subject to hydrolysis) is 1. The molecule has 2 aromatic rings. The van der Waals surface area contributed by atoms with Crippen LogP contribution in [0.15, 0.2) is 65.7 Å². The van der Waals surface area contributed by atoms with Crippen LogP contribution in [0.3, 0.4) is 0 Å². The molecule has 9 N–H and O–H groups in total. The van der Waals surface area contributed by atoms with Gasteiger partial charge in [0.2, 0.25) is 17.7 Å². The highest BCUT2D eigenvalue weighted by Gasteiger charge is 2.29. The van der Waals surface area contributed by atoms with Crippen molar-refractivity contribution in [2.45, 2.75) is 90.1 Å². The van der Waals surface area contributed by atoms with Gasteiger partial charge in [-0.3, -0.25) is 19.4 Å². The Kier molecular flexibility index (Phi) is 17.4. The smallest absolute Gasteiger partial charge is 0.408 e. The predicted octanol–water partition coefficient (Wildman–Crippen LogP) is 1.87. The molecule has 0 unspecified atom stereocenters. The molecule has 0 saturated heterocycles. The van der Waals surface area contributed by atoms with Gasteiger partial charge in [-0.1, -0.05) is 74.5 Å². The number of aliphatic hydroxyl groups is 1. The number of rotatable bonds is 20. The van der Waals surface area contributed by atoms with E-state index in [0.29, 0.717) is 19.4 Å². The number of aliphatic hydroxyl groups excluding tert-OH is 1. The minimum absolute atomic E-state index is 0.0130. The lowest BCUT2D eigenvalue weighted by Crippen LogP contribution is -2.55. The average molecular weight is 654 g/mol. The first-order valence-electron chi connectivity index (χ1n) is 16.1. The van der Waals surface area contributed by atoms with E-state index in [0.717, 1.165) is 18.4 Å². The number of benzene rings is 2. The van der Waals surface area contributed by atoms with Gasteiger partial charge in [-0.2, -0.15) is 0 Å². The molecule has 47 heavy (non-hydrogen) atoms. The molecular weight excluding hydrogens is 602 g/mol. The third kappa shape index (κ3) is 16.5. The lowest BCUT2D eigenvalue weighted by molar-refractivity contribution is -0.131. The lowest BCUT2D eigenvalue weighted by Gasteiger charge is -2.27. The number of aryl methyl sites for hydroxylation is 1. The molecule has 13 nitrogen and oxygen atoms in total. The van der Waals surface area contributed by atoms with E-state index in [4.69, 9.17) is 16.2 Å². The number of nitrogens with two attached hydrogens (primary N) is 2. The zero-order valence-electron chi connectivity index (χ0n) is 27.6. The van der Waals surface area contributed by atoms with Gasteiger partial charge >= 0.3 is 6.09 Å². The fourth-order valence-corrected chi connectivity index (χ4v) is 4.76. The molecule has 0 aromatic heterocycles. The van der Waals surface area contributed by atoms with Gasteiger partial charge in [-0.25, -0.2) is 4.79 Å². The SMILES string of the molecule is CC(C)C[C@H](NC(=O)[C@H](C)NC(=O)[C@H](CCCN=C(N)N)NC(=O)OCc1ccccc1)[C@@H](O)CC(=O)NCCCc1ccccc1. The van der Waals surface area contributed by atoms with Gasteiger partial charge in [0.15, 0.2) is 5.96 Å². The maximum absolute atomic E-state index is 13.2. The Labute approximate surface area is 277 Å². The zero-order chi connectivity index (χ0) is 34.6. The van der Waals surface area contributed by atoms with Crippen molar-refractivity contribution >= 4 is 29.8 Å². The summed E-state index contributed by atoms with van der Waals surface area (Å²) >= 11 is 0. The molecule has 2 aromatic carbocycles. The zero-order valence-corrected chi connectivity index (χ0v) is 27.6. The van der Waals surface area contributed by atoms with Crippen molar-refractivity contribution in [2.24, 2.45) is 22.4 Å². The van der Waals surface area contributed by atoms with Crippen LogP contribution in [0.2, 0.25) is 0 Å². The van der Waals surface area contributed by atoms with Gasteiger partial charge in [0, 0.05) is 13.1 Å². The van der Waals surface area contributed by atoms with E-state index in [9.17, 15) is 24.3 Å². The Morgan fingerprint density at radius 2 is 1.49 bits per heavy atom. The minimum Gasteiger partial charge on any atom is -0.445 e. The van der Waals surface area contributed by atoms with E-state index >= 15 is 0 Å². The van der Waals surface area contributed by atoms with Crippen molar-refractivity contribution in [3.05, 3.63) is 71.8 Å². The molecule has 0 aliphatic carbocycles. The molecule has 2 rings (SSSR count). The van der Waals surface area contributed by atoms with E-state index in [1.54, 1.807) is 12.1 Å². The summed E-state index contributed by atoms with van der Waals surface area (Å²) in [7, 11) is 0. The number of nitrogens with zero attached hydrogens (tertiary/aromatic N) is 1. The molecule has 258 valence electrons. The standard InChI is InChI=1S/C34H51N7O6/c1-23(2)20-28(29(42)21-30(43)37-18-10-16-25-12-6-4-7-13-25)40-31(44)24(3)39-32(45)27(17-11-19-38-33(35)36)41-34(46)47-22-26-14-8-5-9-15-26/h4-9,12-15,23-24,27-29,42H,10-11,16-22H2,1-3H3,(H,37,43)(H,39,45)(H,40,44)(H,41,46)(H4,35,36,38)/t24-,27-,28-,29-/m0/s1. The fourth-order valence-electron chi connectivity index (χ4n) is 4.76. The Hall–Kier alpha value is -4.65. The van der Waals surface area contributed by atoms with Gasteiger partial charge in [-0.05, 0) is 56.1 Å². The second-order valence-electron chi connectivity index (χ2n) is 11.9.